The summed E-state index contributed by atoms with van der Waals surface area (Å²) in [5, 5.41) is 2.77. The molecule has 0 aliphatic heterocycles. The lowest BCUT2D eigenvalue weighted by atomic mass is 10.1. The van der Waals surface area contributed by atoms with Gasteiger partial charge in [-0.15, -0.1) is 0 Å². The molecule has 25 heavy (non-hydrogen) atoms. The van der Waals surface area contributed by atoms with Gasteiger partial charge in [-0.05, 0) is 32.9 Å². The highest BCUT2D eigenvalue weighted by molar-refractivity contribution is 6.11. The Morgan fingerprint density at radius 1 is 1.32 bits per heavy atom. The largest absolute Gasteiger partial charge is 0.338 e. The Morgan fingerprint density at radius 2 is 2.12 bits per heavy atom. The molecule has 0 unspecified atom stereocenters. The molecule has 1 heterocycles. The van der Waals surface area contributed by atoms with E-state index in [1.807, 2.05) is 44.2 Å². The second-order valence-electron chi connectivity index (χ2n) is 5.30. The molecule has 2 rings (SSSR count). The minimum Gasteiger partial charge on any atom is -0.338 e. The number of para-hydroxylation sites is 1. The summed E-state index contributed by atoms with van der Waals surface area (Å²) in [5.41, 5.74) is 2.80. The molecule has 0 aliphatic carbocycles. The number of nitrogens with zero attached hydrogens (tertiary/aromatic N) is 2. The van der Waals surface area contributed by atoms with Gasteiger partial charge < -0.3 is 10.3 Å². The fourth-order valence-corrected chi connectivity index (χ4v) is 2.32. The fourth-order valence-electron chi connectivity index (χ4n) is 2.32. The molecule has 1 aromatic carbocycles. The number of carbonyl (C=O) groups is 1. The highest BCUT2D eigenvalue weighted by atomic mass is 16.1. The minimum atomic E-state index is -0.241. The van der Waals surface area contributed by atoms with Crippen molar-refractivity contribution in [3.05, 3.63) is 72.7 Å². The number of carbonyl (C=O) groups excluding carboxylic acids is 1. The lowest BCUT2D eigenvalue weighted by Crippen LogP contribution is -2.28. The van der Waals surface area contributed by atoms with Crippen molar-refractivity contribution in [1.82, 2.24) is 15.3 Å². The maximum absolute atomic E-state index is 12.5. The van der Waals surface area contributed by atoms with E-state index in [1.54, 1.807) is 31.3 Å². The molecule has 0 saturated heterocycles. The van der Waals surface area contributed by atoms with E-state index >= 15 is 0 Å². The summed E-state index contributed by atoms with van der Waals surface area (Å²) in [7, 11) is 0. The van der Waals surface area contributed by atoms with E-state index in [0.717, 1.165) is 11.1 Å². The van der Waals surface area contributed by atoms with Gasteiger partial charge in [-0.2, -0.15) is 0 Å². The van der Waals surface area contributed by atoms with Crippen LogP contribution < -0.4 is 5.32 Å². The number of amides is 1. The summed E-state index contributed by atoms with van der Waals surface area (Å²) < 4.78 is 0. The van der Waals surface area contributed by atoms with Crippen LogP contribution in [-0.4, -0.2) is 21.7 Å². The van der Waals surface area contributed by atoms with Gasteiger partial charge in [0, 0.05) is 11.8 Å². The van der Waals surface area contributed by atoms with E-state index < -0.39 is 0 Å². The smallest absolute Gasteiger partial charge is 0.258 e. The first-order chi connectivity index (χ1) is 12.1. The molecule has 0 radical (unpaired) electrons. The number of H-pyrrole nitrogens is 1. The van der Waals surface area contributed by atoms with Gasteiger partial charge in [0.1, 0.15) is 17.2 Å². The Morgan fingerprint density at radius 3 is 2.80 bits per heavy atom. The molecule has 2 aromatic rings. The van der Waals surface area contributed by atoms with Crippen molar-refractivity contribution < 1.29 is 4.79 Å². The summed E-state index contributed by atoms with van der Waals surface area (Å²) in [6.07, 6.45) is 10.9. The molecule has 2 N–H and O–H groups in total. The number of aliphatic imine (C=N–C) groups is 1. The van der Waals surface area contributed by atoms with E-state index in [0.29, 0.717) is 22.7 Å². The predicted molar refractivity (Wildman–Crippen MR) is 104 cm³/mol. The monoisotopic (exact) mass is 334 g/mol. The molecule has 1 aromatic heterocycles. The molecule has 0 spiro atoms. The van der Waals surface area contributed by atoms with Gasteiger partial charge in [0.2, 0.25) is 0 Å². The Kier molecular flexibility index (Phi) is 6.23. The van der Waals surface area contributed by atoms with Crippen molar-refractivity contribution in [3.63, 3.8) is 0 Å². The van der Waals surface area contributed by atoms with Crippen LogP contribution in [0, 0.1) is 0 Å². The number of rotatable bonds is 5. The maximum Gasteiger partial charge on any atom is 0.258 e. The van der Waals surface area contributed by atoms with E-state index in [-0.39, 0.29) is 5.91 Å². The fraction of sp³-hybridized carbons (Fsp3) is 0.150. The van der Waals surface area contributed by atoms with Crippen LogP contribution in [-0.2, 0) is 0 Å². The van der Waals surface area contributed by atoms with E-state index in [2.05, 4.69) is 26.9 Å². The molecule has 128 valence electrons. The average Bonchev–Trinajstić information content (AvgIpc) is 3.03. The SMILES string of the molecule is C=C/C=C(\C=C/C)c1nc2c(C(=O)N/C(C)=N/C=C\C)cccc2[nH]1. The quantitative estimate of drug-likeness (QED) is 0.483. The van der Waals surface area contributed by atoms with Crippen LogP contribution in [0.1, 0.15) is 37.0 Å². The Labute approximate surface area is 147 Å². The van der Waals surface area contributed by atoms with Crippen LogP contribution in [0.5, 0.6) is 0 Å². The predicted octanol–water partition coefficient (Wildman–Crippen LogP) is 4.39. The molecular weight excluding hydrogens is 312 g/mol. The Balaban J connectivity index is 2.44. The molecular formula is C20H22N4O. The van der Waals surface area contributed by atoms with Crippen molar-refractivity contribution in [2.24, 2.45) is 4.99 Å². The topological polar surface area (TPSA) is 70.1 Å². The van der Waals surface area contributed by atoms with Gasteiger partial charge >= 0.3 is 0 Å². The number of hydrogen-bond donors (Lipinski definition) is 2. The Bertz CT molecular complexity index is 898. The molecule has 0 saturated carbocycles. The van der Waals surface area contributed by atoms with Gasteiger partial charge in [-0.1, -0.05) is 43.0 Å². The molecule has 0 aliphatic rings. The van der Waals surface area contributed by atoms with Gasteiger partial charge in [-0.3, -0.25) is 4.79 Å². The zero-order valence-corrected chi connectivity index (χ0v) is 14.7. The first-order valence-electron chi connectivity index (χ1n) is 8.02. The molecule has 0 fully saturated rings. The Hall–Kier alpha value is -3.21. The summed E-state index contributed by atoms with van der Waals surface area (Å²) in [5.74, 6) is 0.972. The first kappa shape index (κ1) is 18.1. The summed E-state index contributed by atoms with van der Waals surface area (Å²) in [6.45, 7) is 9.27. The van der Waals surface area contributed by atoms with Crippen LogP contribution in [0.2, 0.25) is 0 Å². The zero-order valence-electron chi connectivity index (χ0n) is 14.7. The van der Waals surface area contributed by atoms with Crippen LogP contribution >= 0.6 is 0 Å². The highest BCUT2D eigenvalue weighted by Crippen LogP contribution is 2.21. The maximum atomic E-state index is 12.5. The zero-order chi connectivity index (χ0) is 18.2. The summed E-state index contributed by atoms with van der Waals surface area (Å²) in [4.78, 5) is 24.5. The van der Waals surface area contributed by atoms with Crippen LogP contribution in [0.4, 0.5) is 0 Å². The second-order valence-corrected chi connectivity index (χ2v) is 5.30. The highest BCUT2D eigenvalue weighted by Gasteiger charge is 2.14. The third-order valence-electron chi connectivity index (χ3n) is 3.39. The van der Waals surface area contributed by atoms with Crippen LogP contribution in [0.3, 0.4) is 0 Å². The number of fused-ring (bicyclic) bond motifs is 1. The second kappa shape index (κ2) is 8.59. The third-order valence-corrected chi connectivity index (χ3v) is 3.39. The number of aromatic amines is 1. The van der Waals surface area contributed by atoms with Gasteiger partial charge in [-0.25, -0.2) is 9.98 Å². The van der Waals surface area contributed by atoms with Crippen molar-refractivity contribution in [2.45, 2.75) is 20.8 Å². The standard InChI is InChI=1S/C20H22N4O/c1-5-9-15(10-6-2)19-23-17-12-8-11-16(18(17)24-19)20(25)22-14(4)21-13-7-3/h5-13H,1H2,2-4H3,(H,23,24)(H,21,22,25)/b10-6-,13-7-,15-9+. The molecule has 1 amide bonds. The van der Waals surface area contributed by atoms with Crippen molar-refractivity contribution in [1.29, 1.82) is 0 Å². The van der Waals surface area contributed by atoms with Crippen LogP contribution in [0.25, 0.3) is 16.6 Å². The number of hydrogen-bond acceptors (Lipinski definition) is 3. The van der Waals surface area contributed by atoms with Crippen LogP contribution in [0.15, 0.2) is 66.4 Å². The van der Waals surface area contributed by atoms with E-state index in [1.165, 1.54) is 0 Å². The number of benzene rings is 1. The first-order valence-corrected chi connectivity index (χ1v) is 8.02. The lowest BCUT2D eigenvalue weighted by molar-refractivity contribution is 0.0978. The number of allylic oxidation sites excluding steroid dienone is 6. The summed E-state index contributed by atoms with van der Waals surface area (Å²) in [6, 6.07) is 5.46. The number of imidazole rings is 1. The minimum absolute atomic E-state index is 0.241. The molecule has 5 heteroatoms. The number of amidine groups is 1. The molecule has 0 bridgehead atoms. The van der Waals surface area contributed by atoms with Gasteiger partial charge in [0.15, 0.2) is 0 Å². The number of aromatic nitrogens is 2. The van der Waals surface area contributed by atoms with Crippen molar-refractivity contribution in [2.75, 3.05) is 0 Å². The third kappa shape index (κ3) is 4.41. The lowest BCUT2D eigenvalue weighted by Gasteiger charge is -2.04. The van der Waals surface area contributed by atoms with E-state index in [4.69, 9.17) is 0 Å². The molecule has 5 nitrogen and oxygen atoms in total. The average molecular weight is 334 g/mol. The van der Waals surface area contributed by atoms with Crippen molar-refractivity contribution >= 4 is 28.3 Å². The van der Waals surface area contributed by atoms with Crippen molar-refractivity contribution in [3.8, 4) is 0 Å². The number of nitrogens with one attached hydrogen (secondary N) is 2. The normalized spacial score (nSPS) is 13.1. The summed E-state index contributed by atoms with van der Waals surface area (Å²) >= 11 is 0. The molecule has 0 atom stereocenters. The van der Waals surface area contributed by atoms with Gasteiger partial charge in [0.25, 0.3) is 5.91 Å². The van der Waals surface area contributed by atoms with E-state index in [9.17, 15) is 4.79 Å². The van der Waals surface area contributed by atoms with Gasteiger partial charge in [0.05, 0.1) is 11.1 Å².